The van der Waals surface area contributed by atoms with Gasteiger partial charge in [0.2, 0.25) is 0 Å². The summed E-state index contributed by atoms with van der Waals surface area (Å²) in [5, 5.41) is 6.16. The van der Waals surface area contributed by atoms with Crippen molar-refractivity contribution in [3.05, 3.63) is 41.4 Å². The second-order valence-electron chi connectivity index (χ2n) is 3.92. The molecule has 0 radical (unpaired) electrons. The molecule has 1 aromatic heterocycles. The zero-order chi connectivity index (χ0) is 12.6. The average molecular weight is 263 g/mol. The Kier molecular flexibility index (Phi) is 4.99. The first-order valence-electron chi connectivity index (χ1n) is 5.90. The van der Waals surface area contributed by atoms with Crippen molar-refractivity contribution in [3.8, 4) is 0 Å². The van der Waals surface area contributed by atoms with Crippen LogP contribution in [0.15, 0.2) is 35.8 Å². The Morgan fingerprint density at radius 1 is 1.39 bits per heavy atom. The molecule has 0 unspecified atom stereocenters. The lowest BCUT2D eigenvalue weighted by molar-refractivity contribution is 0.120. The minimum Gasteiger partial charge on any atom is -0.399 e. The second-order valence-corrected chi connectivity index (χ2v) is 4.81. The van der Waals surface area contributed by atoms with Crippen LogP contribution in [-0.4, -0.2) is 18.1 Å². The molecule has 0 atom stereocenters. The summed E-state index contributed by atoms with van der Waals surface area (Å²) >= 11 is 1.61. The molecule has 2 rings (SSSR count). The van der Waals surface area contributed by atoms with E-state index in [1.54, 1.807) is 17.5 Å². The molecular formula is C13H17N3OS. The van der Waals surface area contributed by atoms with Crippen LogP contribution in [0.2, 0.25) is 0 Å². The lowest BCUT2D eigenvalue weighted by Crippen LogP contribution is -2.05. The van der Waals surface area contributed by atoms with Gasteiger partial charge in [-0.2, -0.15) is 0 Å². The maximum Gasteiger partial charge on any atom is 0.182 e. The van der Waals surface area contributed by atoms with Gasteiger partial charge in [0, 0.05) is 30.4 Å². The van der Waals surface area contributed by atoms with Gasteiger partial charge in [0.15, 0.2) is 5.13 Å². The average Bonchev–Trinajstić information content (AvgIpc) is 2.87. The number of ether oxygens (including phenoxy) is 1. The fraction of sp³-hybridized carbons (Fsp3) is 0.308. The number of hydrogen-bond donors (Lipinski definition) is 2. The van der Waals surface area contributed by atoms with Crippen LogP contribution in [0.1, 0.15) is 12.0 Å². The summed E-state index contributed by atoms with van der Waals surface area (Å²) in [6.07, 6.45) is 2.76. The Balaban J connectivity index is 1.56. The molecule has 0 amide bonds. The van der Waals surface area contributed by atoms with Crippen molar-refractivity contribution >= 4 is 22.2 Å². The Hall–Kier alpha value is -1.59. The van der Waals surface area contributed by atoms with Crippen LogP contribution in [0.4, 0.5) is 10.8 Å². The highest BCUT2D eigenvalue weighted by Gasteiger charge is 1.95. The first kappa shape index (κ1) is 12.9. The summed E-state index contributed by atoms with van der Waals surface area (Å²) in [7, 11) is 0. The van der Waals surface area contributed by atoms with Gasteiger partial charge in [-0.05, 0) is 24.1 Å². The van der Waals surface area contributed by atoms with Crippen molar-refractivity contribution in [1.29, 1.82) is 0 Å². The van der Waals surface area contributed by atoms with E-state index in [0.717, 1.165) is 36.0 Å². The molecule has 0 saturated heterocycles. The molecule has 1 aromatic carbocycles. The van der Waals surface area contributed by atoms with Gasteiger partial charge in [-0.25, -0.2) is 4.98 Å². The molecule has 0 aliphatic carbocycles. The topological polar surface area (TPSA) is 60.2 Å². The highest BCUT2D eigenvalue weighted by atomic mass is 32.1. The number of aromatic nitrogens is 1. The monoisotopic (exact) mass is 263 g/mol. The highest BCUT2D eigenvalue weighted by molar-refractivity contribution is 7.13. The lowest BCUT2D eigenvalue weighted by atomic mass is 10.2. The van der Waals surface area contributed by atoms with Gasteiger partial charge in [-0.1, -0.05) is 12.1 Å². The van der Waals surface area contributed by atoms with Gasteiger partial charge in [0.1, 0.15) is 0 Å². The van der Waals surface area contributed by atoms with Crippen LogP contribution in [0.25, 0.3) is 0 Å². The third-order valence-electron chi connectivity index (χ3n) is 2.39. The Morgan fingerprint density at radius 3 is 3.11 bits per heavy atom. The SMILES string of the molecule is Nc1cccc(COCCCNc2nccs2)c1. The molecule has 4 nitrogen and oxygen atoms in total. The number of anilines is 2. The predicted octanol–water partition coefficient (Wildman–Crippen LogP) is 2.74. The third-order valence-corrected chi connectivity index (χ3v) is 3.12. The van der Waals surface area contributed by atoms with E-state index < -0.39 is 0 Å². The zero-order valence-electron chi connectivity index (χ0n) is 10.1. The smallest absolute Gasteiger partial charge is 0.182 e. The summed E-state index contributed by atoms with van der Waals surface area (Å²) in [6.45, 7) is 2.22. The van der Waals surface area contributed by atoms with E-state index in [9.17, 15) is 0 Å². The van der Waals surface area contributed by atoms with Gasteiger partial charge in [0.25, 0.3) is 0 Å². The van der Waals surface area contributed by atoms with E-state index in [-0.39, 0.29) is 0 Å². The summed E-state index contributed by atoms with van der Waals surface area (Å²) in [5.41, 5.74) is 7.59. The van der Waals surface area contributed by atoms with Crippen LogP contribution >= 0.6 is 11.3 Å². The molecule has 1 heterocycles. The van der Waals surface area contributed by atoms with Crippen molar-refractivity contribution in [2.75, 3.05) is 24.2 Å². The number of nitrogens with one attached hydrogen (secondary N) is 1. The number of nitrogen functional groups attached to an aromatic ring is 1. The molecule has 0 fully saturated rings. The van der Waals surface area contributed by atoms with E-state index in [1.165, 1.54) is 0 Å². The number of hydrogen-bond acceptors (Lipinski definition) is 5. The van der Waals surface area contributed by atoms with Gasteiger partial charge in [-0.15, -0.1) is 11.3 Å². The van der Waals surface area contributed by atoms with Gasteiger partial charge >= 0.3 is 0 Å². The standard InChI is InChI=1S/C13H17N3OS/c14-12-4-1-3-11(9-12)10-17-7-2-5-15-13-16-6-8-18-13/h1,3-4,6,8-9H,2,5,7,10,14H2,(H,15,16). The van der Waals surface area contributed by atoms with E-state index >= 15 is 0 Å². The molecule has 0 saturated carbocycles. The largest absolute Gasteiger partial charge is 0.399 e. The van der Waals surface area contributed by atoms with Crippen LogP contribution in [0, 0.1) is 0 Å². The third kappa shape index (κ3) is 4.35. The van der Waals surface area contributed by atoms with Crippen molar-refractivity contribution in [2.45, 2.75) is 13.0 Å². The minimum atomic E-state index is 0.613. The maximum atomic E-state index is 5.69. The maximum absolute atomic E-state index is 5.69. The summed E-state index contributed by atoms with van der Waals surface area (Å²) in [6, 6.07) is 7.78. The van der Waals surface area contributed by atoms with Crippen molar-refractivity contribution in [2.24, 2.45) is 0 Å². The van der Waals surface area contributed by atoms with Crippen LogP contribution in [0.3, 0.4) is 0 Å². The van der Waals surface area contributed by atoms with Crippen LogP contribution < -0.4 is 11.1 Å². The molecule has 0 spiro atoms. The Bertz CT molecular complexity index is 459. The van der Waals surface area contributed by atoms with E-state index in [4.69, 9.17) is 10.5 Å². The molecule has 0 aliphatic rings. The Morgan fingerprint density at radius 2 is 2.33 bits per heavy atom. The number of nitrogens with two attached hydrogens (primary N) is 1. The molecular weight excluding hydrogens is 246 g/mol. The van der Waals surface area contributed by atoms with Crippen LogP contribution in [0.5, 0.6) is 0 Å². The van der Waals surface area contributed by atoms with E-state index in [1.807, 2.05) is 29.6 Å². The quantitative estimate of drug-likeness (QED) is 0.595. The van der Waals surface area contributed by atoms with Crippen molar-refractivity contribution < 1.29 is 4.74 Å². The summed E-state index contributed by atoms with van der Waals surface area (Å²) in [4.78, 5) is 4.14. The van der Waals surface area contributed by atoms with Crippen molar-refractivity contribution in [3.63, 3.8) is 0 Å². The second kappa shape index (κ2) is 6.98. The van der Waals surface area contributed by atoms with E-state index in [2.05, 4.69) is 10.3 Å². The first-order chi connectivity index (χ1) is 8.84. The number of nitrogens with zero attached hydrogens (tertiary/aromatic N) is 1. The fourth-order valence-electron chi connectivity index (χ4n) is 1.55. The molecule has 96 valence electrons. The number of rotatable bonds is 7. The molecule has 5 heteroatoms. The minimum absolute atomic E-state index is 0.613. The number of thiazole rings is 1. The first-order valence-corrected chi connectivity index (χ1v) is 6.78. The summed E-state index contributed by atoms with van der Waals surface area (Å²) in [5.74, 6) is 0. The van der Waals surface area contributed by atoms with Crippen LogP contribution in [-0.2, 0) is 11.3 Å². The molecule has 0 bridgehead atoms. The zero-order valence-corrected chi connectivity index (χ0v) is 11.0. The lowest BCUT2D eigenvalue weighted by Gasteiger charge is -2.05. The molecule has 0 aliphatic heterocycles. The van der Waals surface area contributed by atoms with Crippen molar-refractivity contribution in [1.82, 2.24) is 4.98 Å². The van der Waals surface area contributed by atoms with Gasteiger partial charge in [0.05, 0.1) is 6.61 Å². The highest BCUT2D eigenvalue weighted by Crippen LogP contribution is 2.10. The normalized spacial score (nSPS) is 10.4. The predicted molar refractivity (Wildman–Crippen MR) is 75.7 cm³/mol. The molecule has 3 N–H and O–H groups in total. The Labute approximate surface area is 111 Å². The molecule has 2 aromatic rings. The van der Waals surface area contributed by atoms with Gasteiger partial charge < -0.3 is 15.8 Å². The molecule has 18 heavy (non-hydrogen) atoms. The number of benzene rings is 1. The summed E-state index contributed by atoms with van der Waals surface area (Å²) < 4.78 is 5.58. The fourth-order valence-corrected chi connectivity index (χ4v) is 2.11. The van der Waals surface area contributed by atoms with E-state index in [0.29, 0.717) is 6.61 Å². The van der Waals surface area contributed by atoms with Gasteiger partial charge in [-0.3, -0.25) is 0 Å².